The summed E-state index contributed by atoms with van der Waals surface area (Å²) in [5.41, 5.74) is 3.74. The zero-order valence-corrected chi connectivity index (χ0v) is 19.1. The van der Waals surface area contributed by atoms with Gasteiger partial charge in [-0.15, -0.1) is 11.3 Å². The minimum Gasteiger partial charge on any atom is -0.349 e. The van der Waals surface area contributed by atoms with E-state index in [0.717, 1.165) is 29.0 Å². The zero-order valence-electron chi connectivity index (χ0n) is 18.3. The van der Waals surface area contributed by atoms with Crippen molar-refractivity contribution >= 4 is 23.2 Å². The summed E-state index contributed by atoms with van der Waals surface area (Å²) in [5.74, 6) is -0.140. The number of benzene rings is 2. The lowest BCUT2D eigenvalue weighted by molar-refractivity contribution is 0.0785. The van der Waals surface area contributed by atoms with Gasteiger partial charge in [-0.1, -0.05) is 36.4 Å². The molecule has 0 bridgehead atoms. The Kier molecular flexibility index (Phi) is 5.79. The Morgan fingerprint density at radius 2 is 1.82 bits per heavy atom. The molecule has 33 heavy (non-hydrogen) atoms. The average molecular weight is 457 g/mol. The van der Waals surface area contributed by atoms with Crippen LogP contribution in [-0.4, -0.2) is 39.6 Å². The number of nitrogens with one attached hydrogen (secondary N) is 1. The summed E-state index contributed by atoms with van der Waals surface area (Å²) in [5, 5.41) is 9.70. The van der Waals surface area contributed by atoms with E-state index in [2.05, 4.69) is 5.32 Å². The first-order valence-electron chi connectivity index (χ1n) is 10.9. The Morgan fingerprint density at radius 1 is 1.06 bits per heavy atom. The summed E-state index contributed by atoms with van der Waals surface area (Å²) in [6.45, 7) is 0.434. The second-order valence-electron chi connectivity index (χ2n) is 8.25. The van der Waals surface area contributed by atoms with Gasteiger partial charge in [-0.2, -0.15) is 5.10 Å². The van der Waals surface area contributed by atoms with Crippen LogP contribution in [0.3, 0.4) is 0 Å². The summed E-state index contributed by atoms with van der Waals surface area (Å²) >= 11 is 1.56. The number of carbonyl (C=O) groups excluding carboxylic acids is 2. The van der Waals surface area contributed by atoms with E-state index in [1.54, 1.807) is 34.2 Å². The van der Waals surface area contributed by atoms with Crippen molar-refractivity contribution in [2.45, 2.75) is 25.4 Å². The lowest BCUT2D eigenvalue weighted by atomic mass is 10.1. The lowest BCUT2D eigenvalue weighted by Crippen LogP contribution is -2.27. The Labute approximate surface area is 196 Å². The highest BCUT2D eigenvalue weighted by molar-refractivity contribution is 7.13. The monoisotopic (exact) mass is 456 g/mol. The Hall–Kier alpha value is -3.71. The lowest BCUT2D eigenvalue weighted by Gasteiger charge is -2.17. The smallest absolute Gasteiger partial charge is 0.257 e. The molecule has 2 heterocycles. The third kappa shape index (κ3) is 4.73. The third-order valence-electron chi connectivity index (χ3n) is 5.62. The van der Waals surface area contributed by atoms with E-state index in [9.17, 15) is 9.59 Å². The van der Waals surface area contributed by atoms with Crippen molar-refractivity contribution < 1.29 is 9.59 Å². The van der Waals surface area contributed by atoms with Crippen LogP contribution in [0, 0.1) is 0 Å². The molecule has 4 aromatic rings. The second kappa shape index (κ2) is 9.03. The molecular formula is C26H24N4O2S. The highest BCUT2D eigenvalue weighted by atomic mass is 32.1. The van der Waals surface area contributed by atoms with Crippen LogP contribution in [0.2, 0.25) is 0 Å². The third-order valence-corrected chi connectivity index (χ3v) is 6.49. The standard InChI is InChI=1S/C26H24N4O2S/c1-29(16-18-9-11-19(12-10-18)25(31)27-20-13-14-20)26(32)22-17-30(21-6-3-2-4-7-21)28-24(22)23-8-5-15-33-23/h2-12,15,17,20H,13-14,16H2,1H3,(H,27,31). The second-order valence-corrected chi connectivity index (χ2v) is 9.20. The fraction of sp³-hybridized carbons (Fsp3) is 0.192. The molecule has 7 heteroatoms. The van der Waals surface area contributed by atoms with Crippen LogP contribution in [-0.2, 0) is 6.54 Å². The van der Waals surface area contributed by atoms with Crippen LogP contribution in [0.25, 0.3) is 16.3 Å². The maximum absolute atomic E-state index is 13.4. The van der Waals surface area contributed by atoms with E-state index in [-0.39, 0.29) is 11.8 Å². The Bertz CT molecular complexity index is 1260. The van der Waals surface area contributed by atoms with Crippen molar-refractivity contribution in [3.63, 3.8) is 0 Å². The van der Waals surface area contributed by atoms with Crippen molar-refractivity contribution in [2.75, 3.05) is 7.05 Å². The summed E-state index contributed by atoms with van der Waals surface area (Å²) < 4.78 is 1.75. The number of nitrogens with zero attached hydrogens (tertiary/aromatic N) is 3. The van der Waals surface area contributed by atoms with Gasteiger partial charge in [0.1, 0.15) is 5.69 Å². The van der Waals surface area contributed by atoms with Crippen LogP contribution >= 0.6 is 11.3 Å². The normalized spacial score (nSPS) is 13.0. The maximum Gasteiger partial charge on any atom is 0.257 e. The molecule has 0 unspecified atom stereocenters. The summed E-state index contributed by atoms with van der Waals surface area (Å²) in [4.78, 5) is 28.3. The molecule has 0 atom stereocenters. The first-order valence-corrected chi connectivity index (χ1v) is 11.8. The number of carbonyl (C=O) groups is 2. The molecule has 166 valence electrons. The van der Waals surface area contributed by atoms with Crippen LogP contribution < -0.4 is 5.32 Å². The topological polar surface area (TPSA) is 67.2 Å². The maximum atomic E-state index is 13.4. The molecule has 2 amide bonds. The molecule has 0 saturated heterocycles. The molecule has 0 spiro atoms. The minimum absolute atomic E-state index is 0.0394. The minimum atomic E-state index is -0.101. The zero-order chi connectivity index (χ0) is 22.8. The molecule has 6 nitrogen and oxygen atoms in total. The Balaban J connectivity index is 1.36. The van der Waals surface area contributed by atoms with Gasteiger partial charge < -0.3 is 10.2 Å². The SMILES string of the molecule is CN(Cc1ccc(C(=O)NC2CC2)cc1)C(=O)c1cn(-c2ccccc2)nc1-c1cccs1. The number of thiophene rings is 1. The van der Waals surface area contributed by atoms with Crippen molar-refractivity contribution in [3.8, 4) is 16.3 Å². The molecular weight excluding hydrogens is 432 g/mol. The van der Waals surface area contributed by atoms with Gasteiger partial charge >= 0.3 is 0 Å². The predicted molar refractivity (Wildman–Crippen MR) is 130 cm³/mol. The molecule has 0 radical (unpaired) electrons. The van der Waals surface area contributed by atoms with Gasteiger partial charge in [0.2, 0.25) is 0 Å². The van der Waals surface area contributed by atoms with E-state index in [4.69, 9.17) is 5.10 Å². The van der Waals surface area contributed by atoms with Crippen molar-refractivity contribution in [3.05, 3.63) is 95.0 Å². The predicted octanol–water partition coefficient (Wildman–Crippen LogP) is 4.77. The van der Waals surface area contributed by atoms with Crippen LogP contribution in [0.5, 0.6) is 0 Å². The highest BCUT2D eigenvalue weighted by Gasteiger charge is 2.24. The van der Waals surface area contributed by atoms with E-state index >= 15 is 0 Å². The van der Waals surface area contributed by atoms with Gasteiger partial charge in [0.25, 0.3) is 11.8 Å². The van der Waals surface area contributed by atoms with E-state index in [0.29, 0.717) is 29.4 Å². The number of rotatable bonds is 7. The van der Waals surface area contributed by atoms with Crippen molar-refractivity contribution in [1.29, 1.82) is 0 Å². The van der Waals surface area contributed by atoms with E-state index in [1.165, 1.54) is 0 Å². The molecule has 1 aliphatic carbocycles. The summed E-state index contributed by atoms with van der Waals surface area (Å²) in [7, 11) is 1.79. The van der Waals surface area contributed by atoms with E-state index < -0.39 is 0 Å². The van der Waals surface area contributed by atoms with Gasteiger partial charge in [0.15, 0.2) is 0 Å². The molecule has 5 rings (SSSR count). The quantitative estimate of drug-likeness (QED) is 0.436. The molecule has 1 aliphatic rings. The van der Waals surface area contributed by atoms with Gasteiger partial charge in [0, 0.05) is 31.4 Å². The molecule has 2 aromatic heterocycles. The number of hydrogen-bond donors (Lipinski definition) is 1. The van der Waals surface area contributed by atoms with Crippen LogP contribution in [0.15, 0.2) is 78.3 Å². The summed E-state index contributed by atoms with van der Waals surface area (Å²) in [6, 6.07) is 21.5. The number of para-hydroxylation sites is 1. The van der Waals surface area contributed by atoms with E-state index in [1.807, 2.05) is 72.1 Å². The molecule has 2 aromatic carbocycles. The average Bonchev–Trinajstić information content (AvgIpc) is 3.31. The molecule has 1 N–H and O–H groups in total. The fourth-order valence-corrected chi connectivity index (χ4v) is 4.37. The Morgan fingerprint density at radius 3 is 2.48 bits per heavy atom. The van der Waals surface area contributed by atoms with Crippen molar-refractivity contribution in [1.82, 2.24) is 20.0 Å². The van der Waals surface area contributed by atoms with Gasteiger partial charge in [-0.05, 0) is 54.1 Å². The van der Waals surface area contributed by atoms with Gasteiger partial charge in [-0.25, -0.2) is 4.68 Å². The highest BCUT2D eigenvalue weighted by Crippen LogP contribution is 2.29. The number of hydrogen-bond acceptors (Lipinski definition) is 4. The number of amides is 2. The molecule has 1 fully saturated rings. The fourth-order valence-electron chi connectivity index (χ4n) is 3.65. The first-order chi connectivity index (χ1) is 16.1. The van der Waals surface area contributed by atoms with Gasteiger partial charge in [0.05, 0.1) is 16.1 Å². The van der Waals surface area contributed by atoms with Crippen molar-refractivity contribution in [2.24, 2.45) is 0 Å². The van der Waals surface area contributed by atoms with Crippen LogP contribution in [0.1, 0.15) is 39.1 Å². The molecule has 0 aliphatic heterocycles. The number of aromatic nitrogens is 2. The van der Waals surface area contributed by atoms with Gasteiger partial charge in [-0.3, -0.25) is 9.59 Å². The molecule has 1 saturated carbocycles. The van der Waals surface area contributed by atoms with Crippen LogP contribution in [0.4, 0.5) is 0 Å². The summed E-state index contributed by atoms with van der Waals surface area (Å²) in [6.07, 6.45) is 3.92. The largest absolute Gasteiger partial charge is 0.349 e. The first kappa shape index (κ1) is 21.2.